The Morgan fingerprint density at radius 1 is 1.05 bits per heavy atom. The minimum atomic E-state index is -5.97. The van der Waals surface area contributed by atoms with Crippen LogP contribution >= 0.6 is 0 Å². The van der Waals surface area contributed by atoms with Crippen molar-refractivity contribution < 1.29 is 36.6 Å². The molecule has 1 amide bonds. The number of carbonyl (C=O) groups excluding carboxylic acids is 1. The highest BCUT2D eigenvalue weighted by atomic mass is 19.4. The Balaban J connectivity index is 2.24. The van der Waals surface area contributed by atoms with Gasteiger partial charge >= 0.3 is 24.0 Å². The van der Waals surface area contributed by atoms with Gasteiger partial charge in [-0.1, -0.05) is 6.07 Å². The summed E-state index contributed by atoms with van der Waals surface area (Å²) in [7, 11) is 0. The molecule has 1 N–H and O–H groups in total. The van der Waals surface area contributed by atoms with E-state index in [0.29, 0.717) is 10.5 Å². The summed E-state index contributed by atoms with van der Waals surface area (Å²) < 4.78 is 62.5. The third kappa shape index (κ3) is 2.55. The summed E-state index contributed by atoms with van der Waals surface area (Å²) in [4.78, 5) is 22.4. The summed E-state index contributed by atoms with van der Waals surface area (Å²) in [6, 6.07) is 3.63. The molecule has 0 spiro atoms. The average molecular weight is 309 g/mol. The van der Waals surface area contributed by atoms with Crippen molar-refractivity contribution in [2.24, 2.45) is 0 Å². The molecule has 0 saturated heterocycles. The predicted octanol–water partition coefficient (Wildman–Crippen LogP) is 2.42. The molecule has 114 valence electrons. The number of carboxylic acids is 1. The minimum Gasteiger partial charge on any atom is -0.478 e. The number of halogens is 5. The fourth-order valence-electron chi connectivity index (χ4n) is 1.99. The third-order valence-electron chi connectivity index (χ3n) is 3.09. The summed E-state index contributed by atoms with van der Waals surface area (Å²) in [6.45, 7) is -0.902. The minimum absolute atomic E-state index is 0.134. The normalized spacial score (nSPS) is 15.0. The molecule has 0 bridgehead atoms. The van der Waals surface area contributed by atoms with Gasteiger partial charge in [-0.25, -0.2) is 4.79 Å². The van der Waals surface area contributed by atoms with Crippen LogP contribution in [0, 0.1) is 0 Å². The lowest BCUT2D eigenvalue weighted by atomic mass is 10.1. The highest BCUT2D eigenvalue weighted by molar-refractivity contribution is 5.88. The van der Waals surface area contributed by atoms with Gasteiger partial charge in [0, 0.05) is 13.1 Å². The van der Waals surface area contributed by atoms with Gasteiger partial charge in [0.1, 0.15) is 0 Å². The van der Waals surface area contributed by atoms with Crippen molar-refractivity contribution >= 4 is 11.9 Å². The number of fused-ring (bicyclic) bond motifs is 1. The van der Waals surface area contributed by atoms with Crippen molar-refractivity contribution in [1.29, 1.82) is 0 Å². The second-order valence-electron chi connectivity index (χ2n) is 4.52. The number of benzene rings is 1. The number of alkyl halides is 5. The SMILES string of the molecule is O=C(O)c1ccc2c(c1)CN(C(=O)C(F)(F)C(F)(F)F)C2. The van der Waals surface area contributed by atoms with Gasteiger partial charge < -0.3 is 10.0 Å². The Bertz CT molecular complexity index is 611. The van der Waals surface area contributed by atoms with Gasteiger partial charge in [0.2, 0.25) is 0 Å². The molecule has 1 aliphatic heterocycles. The van der Waals surface area contributed by atoms with E-state index in [0.717, 1.165) is 6.07 Å². The summed E-state index contributed by atoms with van der Waals surface area (Å²) in [5.74, 6) is -9.07. The van der Waals surface area contributed by atoms with Crippen LogP contribution in [0.1, 0.15) is 21.5 Å². The highest BCUT2D eigenvalue weighted by Gasteiger charge is 2.64. The Morgan fingerprint density at radius 2 is 1.62 bits per heavy atom. The lowest BCUT2D eigenvalue weighted by Gasteiger charge is -2.24. The summed E-state index contributed by atoms with van der Waals surface area (Å²) >= 11 is 0. The molecule has 9 heteroatoms. The second kappa shape index (κ2) is 4.68. The van der Waals surface area contributed by atoms with Crippen molar-refractivity contribution in [1.82, 2.24) is 4.90 Å². The number of carbonyl (C=O) groups is 2. The molecule has 1 heterocycles. The maximum atomic E-state index is 13.0. The fraction of sp³-hybridized carbons (Fsp3) is 0.333. The van der Waals surface area contributed by atoms with Gasteiger partial charge in [0.05, 0.1) is 5.56 Å². The molecule has 0 unspecified atom stereocenters. The molecule has 2 rings (SSSR count). The zero-order chi connectivity index (χ0) is 16.0. The summed E-state index contributed by atoms with van der Waals surface area (Å²) in [6.07, 6.45) is -5.97. The van der Waals surface area contributed by atoms with Crippen molar-refractivity contribution in [3.8, 4) is 0 Å². The van der Waals surface area contributed by atoms with Crippen molar-refractivity contribution in [3.05, 3.63) is 34.9 Å². The molecule has 0 aromatic heterocycles. The van der Waals surface area contributed by atoms with Crippen LogP contribution in [-0.2, 0) is 17.9 Å². The molecular formula is C12H8F5NO3. The van der Waals surface area contributed by atoms with Gasteiger partial charge in [-0.3, -0.25) is 4.79 Å². The smallest absolute Gasteiger partial charge is 0.463 e. The molecule has 1 aliphatic rings. The maximum Gasteiger partial charge on any atom is 0.463 e. The molecule has 0 radical (unpaired) electrons. The number of nitrogens with zero attached hydrogens (tertiary/aromatic N) is 1. The Morgan fingerprint density at radius 3 is 2.14 bits per heavy atom. The maximum absolute atomic E-state index is 13.0. The number of amides is 1. The van der Waals surface area contributed by atoms with Crippen LogP contribution in [0.4, 0.5) is 22.0 Å². The van der Waals surface area contributed by atoms with E-state index in [1.54, 1.807) is 0 Å². The monoisotopic (exact) mass is 309 g/mol. The van der Waals surface area contributed by atoms with Crippen LogP contribution in [0.5, 0.6) is 0 Å². The molecule has 1 aromatic carbocycles. The fourth-order valence-corrected chi connectivity index (χ4v) is 1.99. The third-order valence-corrected chi connectivity index (χ3v) is 3.09. The van der Waals surface area contributed by atoms with E-state index in [1.807, 2.05) is 0 Å². The van der Waals surface area contributed by atoms with Gasteiger partial charge in [0.25, 0.3) is 0 Å². The number of rotatable bonds is 2. The zero-order valence-corrected chi connectivity index (χ0v) is 10.2. The zero-order valence-electron chi connectivity index (χ0n) is 10.2. The Kier molecular flexibility index (Phi) is 3.38. The van der Waals surface area contributed by atoms with E-state index in [4.69, 9.17) is 5.11 Å². The van der Waals surface area contributed by atoms with E-state index in [1.165, 1.54) is 12.1 Å². The molecule has 4 nitrogen and oxygen atoms in total. The molecule has 0 atom stereocenters. The largest absolute Gasteiger partial charge is 0.478 e. The van der Waals surface area contributed by atoms with Crippen molar-refractivity contribution in [3.63, 3.8) is 0 Å². The van der Waals surface area contributed by atoms with Gasteiger partial charge in [-0.05, 0) is 23.3 Å². The lowest BCUT2D eigenvalue weighted by Crippen LogP contribution is -2.50. The Hall–Kier alpha value is -2.19. The lowest BCUT2D eigenvalue weighted by molar-refractivity contribution is -0.274. The van der Waals surface area contributed by atoms with Crippen LogP contribution in [0.25, 0.3) is 0 Å². The Labute approximate surface area is 114 Å². The number of hydrogen-bond acceptors (Lipinski definition) is 2. The predicted molar refractivity (Wildman–Crippen MR) is 58.7 cm³/mol. The first-order valence-electron chi connectivity index (χ1n) is 5.63. The van der Waals surface area contributed by atoms with E-state index >= 15 is 0 Å². The first kappa shape index (κ1) is 15.2. The summed E-state index contributed by atoms with van der Waals surface area (Å²) in [5, 5.41) is 8.78. The molecular weight excluding hydrogens is 301 g/mol. The molecule has 0 saturated carbocycles. The van der Waals surface area contributed by atoms with Gasteiger partial charge in [0.15, 0.2) is 0 Å². The highest BCUT2D eigenvalue weighted by Crippen LogP contribution is 2.38. The van der Waals surface area contributed by atoms with Crippen LogP contribution in [-0.4, -0.2) is 34.0 Å². The summed E-state index contributed by atoms with van der Waals surface area (Å²) in [5.41, 5.74) is 0.443. The first-order chi connectivity index (χ1) is 9.54. The average Bonchev–Trinajstić information content (AvgIpc) is 2.78. The quantitative estimate of drug-likeness (QED) is 0.854. The molecule has 21 heavy (non-hydrogen) atoms. The standard InChI is InChI=1S/C12H8F5NO3/c13-11(14,12(15,16)17)10(21)18-4-7-2-1-6(9(19)20)3-8(7)5-18/h1-3H,4-5H2,(H,19,20). The molecule has 1 aromatic rings. The van der Waals surface area contributed by atoms with Crippen LogP contribution < -0.4 is 0 Å². The van der Waals surface area contributed by atoms with E-state index < -0.39 is 37.1 Å². The van der Waals surface area contributed by atoms with Gasteiger partial charge in [-0.2, -0.15) is 22.0 Å². The van der Waals surface area contributed by atoms with E-state index in [9.17, 15) is 31.5 Å². The number of hydrogen-bond donors (Lipinski definition) is 1. The van der Waals surface area contributed by atoms with Gasteiger partial charge in [-0.15, -0.1) is 0 Å². The van der Waals surface area contributed by atoms with Crippen molar-refractivity contribution in [2.75, 3.05) is 0 Å². The van der Waals surface area contributed by atoms with Crippen LogP contribution in [0.15, 0.2) is 18.2 Å². The van der Waals surface area contributed by atoms with E-state index in [-0.39, 0.29) is 11.1 Å². The number of aromatic carboxylic acids is 1. The molecule has 0 fully saturated rings. The van der Waals surface area contributed by atoms with E-state index in [2.05, 4.69) is 0 Å². The first-order valence-corrected chi connectivity index (χ1v) is 5.63. The number of carboxylic acid groups (broad SMARTS) is 1. The van der Waals surface area contributed by atoms with Crippen LogP contribution in [0.3, 0.4) is 0 Å². The topological polar surface area (TPSA) is 57.6 Å². The van der Waals surface area contributed by atoms with Crippen molar-refractivity contribution in [2.45, 2.75) is 25.2 Å². The van der Waals surface area contributed by atoms with Crippen LogP contribution in [0.2, 0.25) is 0 Å². The second-order valence-corrected chi connectivity index (χ2v) is 4.52. The molecule has 0 aliphatic carbocycles.